The molecular formula is C20H11BrF11N5O2S. The van der Waals surface area contributed by atoms with E-state index >= 15 is 4.39 Å². The molecular weight excluding hydrogens is 663 g/mol. The lowest BCUT2D eigenvalue weighted by Gasteiger charge is -2.52. The first kappa shape index (κ1) is 28.7. The van der Waals surface area contributed by atoms with Gasteiger partial charge in [0.25, 0.3) is 5.67 Å². The van der Waals surface area contributed by atoms with Crippen LogP contribution in [-0.2, 0) is 6.54 Å². The van der Waals surface area contributed by atoms with Gasteiger partial charge in [0.1, 0.15) is 5.52 Å². The largest absolute Gasteiger partial charge is 0.454 e. The molecule has 0 unspecified atom stereocenters. The van der Waals surface area contributed by atoms with Crippen molar-refractivity contribution in [3.63, 3.8) is 0 Å². The third-order valence-electron chi connectivity index (χ3n) is 6.40. The van der Waals surface area contributed by atoms with Gasteiger partial charge in [-0.2, -0.15) is 43.9 Å². The number of aromatic nitrogens is 4. The lowest BCUT2D eigenvalue weighted by atomic mass is 9.70. The summed E-state index contributed by atoms with van der Waals surface area (Å²) in [6.45, 7) is -1.52. The summed E-state index contributed by atoms with van der Waals surface area (Å²) in [6.07, 6.45) is -1.89. The lowest BCUT2D eigenvalue weighted by Crippen LogP contribution is -2.83. The van der Waals surface area contributed by atoms with Gasteiger partial charge in [-0.25, -0.2) is 14.4 Å². The molecule has 1 aliphatic heterocycles. The number of imidazole rings is 1. The molecule has 0 bridgehead atoms. The van der Waals surface area contributed by atoms with E-state index in [0.29, 0.717) is 31.8 Å². The van der Waals surface area contributed by atoms with Crippen molar-refractivity contribution < 1.29 is 57.8 Å². The smallest absolute Gasteiger partial charge is 0.384 e. The van der Waals surface area contributed by atoms with Crippen LogP contribution in [0.4, 0.5) is 48.3 Å². The van der Waals surface area contributed by atoms with Gasteiger partial charge in [0.15, 0.2) is 27.8 Å². The Hall–Kier alpha value is -2.77. The first-order valence-electron chi connectivity index (χ1n) is 10.6. The number of halogens is 12. The van der Waals surface area contributed by atoms with Gasteiger partial charge in [-0.1, -0.05) is 11.8 Å². The van der Waals surface area contributed by atoms with Crippen molar-refractivity contribution in [2.45, 2.75) is 58.3 Å². The second-order valence-corrected chi connectivity index (χ2v) is 10.6. The zero-order chi connectivity index (χ0) is 29.7. The van der Waals surface area contributed by atoms with Crippen LogP contribution in [0.1, 0.15) is 6.42 Å². The molecule has 20 heteroatoms. The monoisotopic (exact) mass is 673 g/mol. The van der Waals surface area contributed by atoms with E-state index in [2.05, 4.69) is 30.9 Å². The predicted octanol–water partition coefficient (Wildman–Crippen LogP) is 6.17. The Labute approximate surface area is 226 Å². The van der Waals surface area contributed by atoms with Gasteiger partial charge in [0, 0.05) is 22.3 Å². The molecule has 40 heavy (non-hydrogen) atoms. The number of benzene rings is 1. The van der Waals surface area contributed by atoms with Crippen LogP contribution in [0, 0.1) is 5.41 Å². The minimum atomic E-state index is -7.28. The van der Waals surface area contributed by atoms with Gasteiger partial charge in [-0.15, -0.1) is 0 Å². The predicted molar refractivity (Wildman–Crippen MR) is 115 cm³/mol. The second kappa shape index (κ2) is 8.62. The molecule has 2 aromatic heterocycles. The number of hydrogen-bond acceptors (Lipinski definition) is 6. The van der Waals surface area contributed by atoms with Gasteiger partial charge in [-0.05, 0) is 28.1 Å². The maximum atomic E-state index is 15.2. The Kier molecular flexibility index (Phi) is 6.19. The summed E-state index contributed by atoms with van der Waals surface area (Å²) < 4.78 is 166. The van der Waals surface area contributed by atoms with E-state index in [-0.39, 0.29) is 17.5 Å². The number of rotatable bonds is 5. The summed E-state index contributed by atoms with van der Waals surface area (Å²) in [5.41, 5.74) is -7.36. The molecule has 1 fully saturated rings. The molecule has 0 atom stereocenters. The van der Waals surface area contributed by atoms with Gasteiger partial charge in [0.2, 0.25) is 6.79 Å². The minimum Gasteiger partial charge on any atom is -0.454 e. The fourth-order valence-electron chi connectivity index (χ4n) is 4.13. The van der Waals surface area contributed by atoms with Crippen LogP contribution in [-0.4, -0.2) is 61.6 Å². The topological polar surface area (TPSA) is 88.8 Å². The molecule has 5 rings (SSSR count). The average Bonchev–Trinajstić information content (AvgIpc) is 3.49. The Morgan fingerprint density at radius 3 is 2.05 bits per heavy atom. The number of hydrogen-bond donors (Lipinski definition) is 2. The number of fused-ring (bicyclic) bond motifs is 2. The van der Waals surface area contributed by atoms with E-state index in [1.54, 1.807) is 6.07 Å². The van der Waals surface area contributed by atoms with Crippen molar-refractivity contribution in [3.05, 3.63) is 28.4 Å². The Morgan fingerprint density at radius 1 is 0.900 bits per heavy atom. The van der Waals surface area contributed by atoms with Crippen molar-refractivity contribution in [3.8, 4) is 11.5 Å². The summed E-state index contributed by atoms with van der Waals surface area (Å²) in [5.74, 6) is -34.7. The highest BCUT2D eigenvalue weighted by molar-refractivity contribution is 9.10. The summed E-state index contributed by atoms with van der Waals surface area (Å²) in [6, 6.07) is 3.10. The molecule has 0 amide bonds. The van der Waals surface area contributed by atoms with Crippen molar-refractivity contribution in [1.82, 2.24) is 19.5 Å². The number of ether oxygens (including phenoxy) is 2. The third-order valence-corrected chi connectivity index (χ3v) is 8.26. The normalized spacial score (nSPS) is 22.9. The molecule has 1 aliphatic carbocycles. The highest BCUT2D eigenvalue weighted by atomic mass is 79.9. The molecule has 3 heterocycles. The molecule has 0 saturated heterocycles. The zero-order valence-electron chi connectivity index (χ0n) is 19.0. The van der Waals surface area contributed by atoms with E-state index in [1.807, 2.05) is 0 Å². The van der Waals surface area contributed by atoms with E-state index in [1.165, 1.54) is 6.07 Å². The first-order valence-corrected chi connectivity index (χ1v) is 12.3. The number of H-pyrrole nitrogens is 1. The summed E-state index contributed by atoms with van der Waals surface area (Å²) in [5, 5.41) is 7.87. The molecule has 7 nitrogen and oxygen atoms in total. The van der Waals surface area contributed by atoms with Crippen LogP contribution in [0.3, 0.4) is 0 Å². The maximum absolute atomic E-state index is 15.2. The fourth-order valence-corrected chi connectivity index (χ4v) is 5.51. The fraction of sp³-hybridized carbons (Fsp3) is 0.450. The molecule has 1 aromatic carbocycles. The van der Waals surface area contributed by atoms with E-state index in [0.717, 1.165) is 11.8 Å². The van der Waals surface area contributed by atoms with Crippen molar-refractivity contribution in [2.24, 2.45) is 0 Å². The molecule has 3 aromatic rings. The molecule has 1 saturated carbocycles. The minimum absolute atomic E-state index is 0.0224. The third kappa shape index (κ3) is 3.52. The average molecular weight is 674 g/mol. The molecule has 0 radical (unpaired) electrons. The standard InChI is InChI=1S/C20H11BrF11N5O2S/c21-7-3-8-9(39-6-38-8)4-10(7)40-14-35-11-12(33)34-5-37(13(11)36-14)2-1-15(22)16(23,24)18(27,28)20(31,32)19(29,30)17(15,25)26/h3-5,33H,1-2,6H2,(H,35,36). The van der Waals surface area contributed by atoms with Gasteiger partial charge >= 0.3 is 29.6 Å². The maximum Gasteiger partial charge on any atom is 0.384 e. The quantitative estimate of drug-likeness (QED) is 0.317. The molecule has 218 valence electrons. The van der Waals surface area contributed by atoms with Crippen LogP contribution in [0.25, 0.3) is 11.2 Å². The molecule has 2 aliphatic rings. The Morgan fingerprint density at radius 2 is 1.45 bits per heavy atom. The van der Waals surface area contributed by atoms with Crippen molar-refractivity contribution in [1.29, 1.82) is 5.41 Å². The number of nitrogens with one attached hydrogen (secondary N) is 2. The summed E-state index contributed by atoms with van der Waals surface area (Å²) in [7, 11) is 0. The van der Waals surface area contributed by atoms with Crippen LogP contribution in [0.15, 0.2) is 33.0 Å². The van der Waals surface area contributed by atoms with Gasteiger partial charge in [0.05, 0.1) is 6.33 Å². The van der Waals surface area contributed by atoms with Crippen LogP contribution in [0.2, 0.25) is 0 Å². The van der Waals surface area contributed by atoms with Crippen molar-refractivity contribution in [2.75, 3.05) is 6.79 Å². The molecule has 2 N–H and O–H groups in total. The zero-order valence-corrected chi connectivity index (χ0v) is 21.4. The van der Waals surface area contributed by atoms with Crippen LogP contribution < -0.4 is 15.0 Å². The van der Waals surface area contributed by atoms with Crippen LogP contribution >= 0.6 is 27.7 Å². The summed E-state index contributed by atoms with van der Waals surface area (Å²) in [4.78, 5) is 10.7. The van der Waals surface area contributed by atoms with E-state index in [4.69, 9.17) is 14.9 Å². The van der Waals surface area contributed by atoms with E-state index in [9.17, 15) is 43.9 Å². The SMILES string of the molecule is N=c1ncn(CCC2(F)C(F)(F)C(F)(F)C(F)(F)C(F)(F)C2(F)F)c2nc(Sc3cc4c(cc3Br)OCO4)[nH]c12. The number of aromatic amines is 1. The number of nitrogens with zero attached hydrogens (tertiary/aromatic N) is 3. The van der Waals surface area contributed by atoms with Crippen molar-refractivity contribution >= 4 is 38.9 Å². The Balaban J connectivity index is 1.51. The van der Waals surface area contributed by atoms with Crippen LogP contribution in [0.5, 0.6) is 11.5 Å². The second-order valence-electron chi connectivity index (χ2n) is 8.69. The highest BCUT2D eigenvalue weighted by Crippen LogP contribution is 2.70. The lowest BCUT2D eigenvalue weighted by molar-refractivity contribution is -0.485. The van der Waals surface area contributed by atoms with E-state index < -0.39 is 59.4 Å². The van der Waals surface area contributed by atoms with Gasteiger partial charge < -0.3 is 19.0 Å². The summed E-state index contributed by atoms with van der Waals surface area (Å²) >= 11 is 4.19. The number of aryl methyl sites for hydroxylation is 1. The highest BCUT2D eigenvalue weighted by Gasteiger charge is 3.00. The first-order chi connectivity index (χ1) is 18.3. The number of alkyl halides is 11. The molecule has 0 spiro atoms. The Bertz CT molecular complexity index is 1550. The van der Waals surface area contributed by atoms with Gasteiger partial charge in [-0.3, -0.25) is 5.41 Å².